The number of likely N-dealkylation sites (tertiary alicyclic amines) is 1. The Bertz CT molecular complexity index is 758. The SMILES string of the molecule is C[C@]1(O)CC2(CCN(C(=O)C3CC=CC3)CC2)OC[C@@H]1NC(=O)Cn1ccnc1. The van der Waals surface area contributed by atoms with Gasteiger partial charge in [0.05, 0.1) is 30.2 Å². The molecule has 0 unspecified atom stereocenters. The van der Waals surface area contributed by atoms with Gasteiger partial charge >= 0.3 is 0 Å². The van der Waals surface area contributed by atoms with Crippen LogP contribution in [0, 0.1) is 5.92 Å². The molecule has 8 nitrogen and oxygen atoms in total. The molecule has 3 heterocycles. The molecule has 2 saturated heterocycles. The Labute approximate surface area is 170 Å². The third-order valence-corrected chi connectivity index (χ3v) is 6.55. The van der Waals surface area contributed by atoms with Gasteiger partial charge in [0.25, 0.3) is 0 Å². The van der Waals surface area contributed by atoms with Crippen LogP contribution in [0.5, 0.6) is 0 Å². The average Bonchev–Trinajstić information content (AvgIpc) is 3.38. The van der Waals surface area contributed by atoms with Crippen molar-refractivity contribution < 1.29 is 19.4 Å². The van der Waals surface area contributed by atoms with Crippen molar-refractivity contribution in [1.82, 2.24) is 19.8 Å². The molecule has 2 N–H and O–H groups in total. The number of aromatic nitrogens is 2. The molecule has 1 aliphatic carbocycles. The normalized spacial score (nSPS) is 29.3. The van der Waals surface area contributed by atoms with E-state index in [2.05, 4.69) is 22.5 Å². The number of ether oxygens (including phenoxy) is 1. The highest BCUT2D eigenvalue weighted by atomic mass is 16.5. The van der Waals surface area contributed by atoms with Gasteiger partial charge in [0.1, 0.15) is 6.54 Å². The predicted octanol–water partition coefficient (Wildman–Crippen LogP) is 0.867. The monoisotopic (exact) mass is 402 g/mol. The van der Waals surface area contributed by atoms with Crippen LogP contribution in [0.15, 0.2) is 30.9 Å². The van der Waals surface area contributed by atoms with E-state index in [1.807, 2.05) is 4.90 Å². The Balaban J connectivity index is 1.30. The predicted molar refractivity (Wildman–Crippen MR) is 106 cm³/mol. The van der Waals surface area contributed by atoms with E-state index in [9.17, 15) is 14.7 Å². The second-order valence-electron chi connectivity index (χ2n) is 8.85. The average molecular weight is 402 g/mol. The molecule has 1 spiro atoms. The van der Waals surface area contributed by atoms with Crippen LogP contribution in [0.4, 0.5) is 0 Å². The summed E-state index contributed by atoms with van der Waals surface area (Å²) in [5, 5.41) is 14.0. The maximum atomic E-state index is 12.6. The lowest BCUT2D eigenvalue weighted by Crippen LogP contribution is -2.64. The summed E-state index contributed by atoms with van der Waals surface area (Å²) in [6.07, 6.45) is 12.6. The zero-order valence-corrected chi connectivity index (χ0v) is 16.9. The molecule has 4 rings (SSSR count). The van der Waals surface area contributed by atoms with Gasteiger partial charge in [-0.1, -0.05) is 12.2 Å². The van der Waals surface area contributed by atoms with E-state index in [1.54, 1.807) is 30.2 Å². The van der Waals surface area contributed by atoms with Gasteiger partial charge in [0.2, 0.25) is 11.8 Å². The summed E-state index contributed by atoms with van der Waals surface area (Å²) in [4.78, 5) is 30.8. The van der Waals surface area contributed by atoms with Crippen LogP contribution in [0.2, 0.25) is 0 Å². The minimum atomic E-state index is -1.07. The fourth-order valence-electron chi connectivity index (χ4n) is 4.78. The first-order chi connectivity index (χ1) is 13.9. The van der Waals surface area contributed by atoms with Crippen LogP contribution in [-0.4, -0.2) is 68.3 Å². The molecule has 3 aliphatic rings. The lowest BCUT2D eigenvalue weighted by molar-refractivity contribution is -0.190. The van der Waals surface area contributed by atoms with E-state index in [0.717, 1.165) is 12.8 Å². The summed E-state index contributed by atoms with van der Waals surface area (Å²) in [5.41, 5.74) is -1.50. The van der Waals surface area contributed by atoms with Gasteiger partial charge in [0.15, 0.2) is 0 Å². The number of nitrogens with one attached hydrogen (secondary N) is 1. The zero-order valence-electron chi connectivity index (χ0n) is 16.9. The molecule has 29 heavy (non-hydrogen) atoms. The molecule has 0 aromatic carbocycles. The van der Waals surface area contributed by atoms with Crippen molar-refractivity contribution in [3.8, 4) is 0 Å². The molecule has 0 bridgehead atoms. The van der Waals surface area contributed by atoms with Gasteiger partial charge in [-0.05, 0) is 32.6 Å². The summed E-state index contributed by atoms with van der Waals surface area (Å²) in [6.45, 7) is 3.50. The largest absolute Gasteiger partial charge is 0.388 e. The second-order valence-corrected chi connectivity index (χ2v) is 8.85. The number of rotatable bonds is 4. The quantitative estimate of drug-likeness (QED) is 0.729. The van der Waals surface area contributed by atoms with Crippen LogP contribution in [0.1, 0.15) is 39.0 Å². The fourth-order valence-corrected chi connectivity index (χ4v) is 4.78. The maximum Gasteiger partial charge on any atom is 0.240 e. The van der Waals surface area contributed by atoms with Crippen LogP contribution in [0.25, 0.3) is 0 Å². The van der Waals surface area contributed by atoms with E-state index < -0.39 is 17.2 Å². The van der Waals surface area contributed by atoms with Crippen LogP contribution in [-0.2, 0) is 20.9 Å². The molecule has 8 heteroatoms. The van der Waals surface area contributed by atoms with Crippen LogP contribution >= 0.6 is 0 Å². The number of allylic oxidation sites excluding steroid dienone is 2. The number of carbonyl (C=O) groups excluding carboxylic acids is 2. The van der Waals surface area contributed by atoms with Gasteiger partial charge in [0, 0.05) is 37.8 Å². The first-order valence-electron chi connectivity index (χ1n) is 10.4. The van der Waals surface area contributed by atoms with Gasteiger partial charge < -0.3 is 24.6 Å². The molecular weight excluding hydrogens is 372 g/mol. The Morgan fingerprint density at radius 3 is 2.62 bits per heavy atom. The van der Waals surface area contributed by atoms with Gasteiger partial charge in [-0.15, -0.1) is 0 Å². The van der Waals surface area contributed by atoms with Crippen molar-refractivity contribution in [3.63, 3.8) is 0 Å². The molecule has 2 aliphatic heterocycles. The number of piperidine rings is 1. The Hall–Kier alpha value is -2.19. The van der Waals surface area contributed by atoms with Crippen molar-refractivity contribution in [2.24, 2.45) is 5.92 Å². The molecule has 0 saturated carbocycles. The van der Waals surface area contributed by atoms with Crippen LogP contribution in [0.3, 0.4) is 0 Å². The number of hydrogen-bond acceptors (Lipinski definition) is 5. The van der Waals surface area contributed by atoms with Crippen molar-refractivity contribution in [3.05, 3.63) is 30.9 Å². The molecule has 158 valence electrons. The van der Waals surface area contributed by atoms with E-state index in [1.165, 1.54) is 0 Å². The second kappa shape index (κ2) is 7.91. The summed E-state index contributed by atoms with van der Waals surface area (Å²) in [5.74, 6) is 0.144. The summed E-state index contributed by atoms with van der Waals surface area (Å²) in [6, 6.07) is -0.464. The highest BCUT2D eigenvalue weighted by molar-refractivity contribution is 5.79. The highest BCUT2D eigenvalue weighted by Gasteiger charge is 2.50. The van der Waals surface area contributed by atoms with Crippen molar-refractivity contribution in [2.75, 3.05) is 19.7 Å². The maximum absolute atomic E-state index is 12.6. The number of carbonyl (C=O) groups is 2. The molecule has 1 aromatic heterocycles. The van der Waals surface area contributed by atoms with E-state index in [4.69, 9.17) is 4.74 Å². The molecule has 1 aromatic rings. The smallest absolute Gasteiger partial charge is 0.240 e. The number of nitrogens with zero attached hydrogens (tertiary/aromatic N) is 3. The Morgan fingerprint density at radius 1 is 1.28 bits per heavy atom. The van der Waals surface area contributed by atoms with Crippen molar-refractivity contribution in [1.29, 1.82) is 0 Å². The molecule has 2 amide bonds. The minimum Gasteiger partial charge on any atom is -0.388 e. The number of amides is 2. The van der Waals surface area contributed by atoms with E-state index in [0.29, 0.717) is 32.4 Å². The molecule has 2 fully saturated rings. The third-order valence-electron chi connectivity index (χ3n) is 6.55. The number of hydrogen-bond donors (Lipinski definition) is 2. The molecule has 0 radical (unpaired) electrons. The Kier molecular flexibility index (Phi) is 5.48. The number of aliphatic hydroxyl groups is 1. The summed E-state index contributed by atoms with van der Waals surface area (Å²) in [7, 11) is 0. The fraction of sp³-hybridized carbons (Fsp3) is 0.667. The van der Waals surface area contributed by atoms with Crippen LogP contribution < -0.4 is 5.32 Å². The van der Waals surface area contributed by atoms with Gasteiger partial charge in [-0.2, -0.15) is 0 Å². The lowest BCUT2D eigenvalue weighted by atomic mass is 9.75. The minimum absolute atomic E-state index is 0.0921. The summed E-state index contributed by atoms with van der Waals surface area (Å²) >= 11 is 0. The van der Waals surface area contributed by atoms with Crippen molar-refractivity contribution in [2.45, 2.75) is 62.8 Å². The van der Waals surface area contributed by atoms with E-state index >= 15 is 0 Å². The number of imidazole rings is 1. The molecular formula is C21H30N4O4. The van der Waals surface area contributed by atoms with Gasteiger partial charge in [-0.25, -0.2) is 4.98 Å². The zero-order chi connectivity index (χ0) is 20.5. The first kappa shape index (κ1) is 20.1. The topological polar surface area (TPSA) is 96.7 Å². The Morgan fingerprint density at radius 2 is 2.00 bits per heavy atom. The third kappa shape index (κ3) is 4.38. The summed E-state index contributed by atoms with van der Waals surface area (Å²) < 4.78 is 7.88. The molecule has 2 atom stereocenters. The van der Waals surface area contributed by atoms with E-state index in [-0.39, 0.29) is 30.9 Å². The van der Waals surface area contributed by atoms with Gasteiger partial charge in [-0.3, -0.25) is 9.59 Å². The highest BCUT2D eigenvalue weighted by Crippen LogP contribution is 2.40. The van der Waals surface area contributed by atoms with Crippen molar-refractivity contribution >= 4 is 11.8 Å². The lowest BCUT2D eigenvalue weighted by Gasteiger charge is -2.51. The standard InChI is InChI=1S/C21H30N4O4/c1-20(28)14-21(6-9-25(10-7-21)19(27)16-4-2-3-5-16)29-13-17(20)23-18(26)12-24-11-8-22-15-24/h2-3,8,11,15-17,28H,4-7,9-10,12-14H2,1H3,(H,23,26)/t17-,20-/m0/s1. The first-order valence-corrected chi connectivity index (χ1v) is 10.4.